The first kappa shape index (κ1) is 21.7. The van der Waals surface area contributed by atoms with E-state index < -0.39 is 12.0 Å². The lowest BCUT2D eigenvalue weighted by Gasteiger charge is -2.16. The molecule has 1 amide bonds. The van der Waals surface area contributed by atoms with Crippen molar-refractivity contribution in [3.05, 3.63) is 56.4 Å². The van der Waals surface area contributed by atoms with Crippen LogP contribution < -0.4 is 10.9 Å². The quantitative estimate of drug-likeness (QED) is 0.597. The summed E-state index contributed by atoms with van der Waals surface area (Å²) in [6.07, 6.45) is 1.76. The Morgan fingerprint density at radius 3 is 2.60 bits per heavy atom. The van der Waals surface area contributed by atoms with Crippen molar-refractivity contribution < 1.29 is 14.3 Å². The standard InChI is InChI=1S/C22H25N3O4S/c1-6-16(22(28)29-7-2)25-11-23-20-17(21(25)27)14(5)18(30-20)19(26)24-15-9-8-12(3)10-13(15)4/h8-11,16H,6-7H2,1-5H3,(H,24,26). The van der Waals surface area contributed by atoms with E-state index in [2.05, 4.69) is 10.3 Å². The van der Waals surface area contributed by atoms with Crippen molar-refractivity contribution in [2.24, 2.45) is 0 Å². The van der Waals surface area contributed by atoms with Crippen LogP contribution in [0.2, 0.25) is 0 Å². The van der Waals surface area contributed by atoms with E-state index in [0.29, 0.717) is 27.1 Å². The molecule has 158 valence electrons. The van der Waals surface area contributed by atoms with Crippen molar-refractivity contribution in [3.8, 4) is 0 Å². The number of anilines is 1. The molecule has 3 rings (SSSR count). The largest absolute Gasteiger partial charge is 0.464 e. The number of ether oxygens (including phenoxy) is 1. The van der Waals surface area contributed by atoms with Gasteiger partial charge in [-0.2, -0.15) is 0 Å². The van der Waals surface area contributed by atoms with Crippen molar-refractivity contribution in [3.63, 3.8) is 0 Å². The van der Waals surface area contributed by atoms with Crippen LogP contribution in [0.5, 0.6) is 0 Å². The lowest BCUT2D eigenvalue weighted by Crippen LogP contribution is -2.31. The Labute approximate surface area is 178 Å². The van der Waals surface area contributed by atoms with Crippen LogP contribution in [0.1, 0.15) is 52.7 Å². The molecule has 0 spiro atoms. The summed E-state index contributed by atoms with van der Waals surface area (Å²) in [6.45, 7) is 9.42. The van der Waals surface area contributed by atoms with Gasteiger partial charge in [0.2, 0.25) is 0 Å². The summed E-state index contributed by atoms with van der Waals surface area (Å²) < 4.78 is 6.39. The Kier molecular flexibility index (Phi) is 6.36. The summed E-state index contributed by atoms with van der Waals surface area (Å²) in [5.41, 5.74) is 3.01. The van der Waals surface area contributed by atoms with E-state index in [0.717, 1.165) is 16.8 Å². The third-order valence-corrected chi connectivity index (χ3v) is 6.19. The number of amides is 1. The summed E-state index contributed by atoms with van der Waals surface area (Å²) in [4.78, 5) is 43.5. The number of nitrogens with one attached hydrogen (secondary N) is 1. The molecule has 2 heterocycles. The summed E-state index contributed by atoms with van der Waals surface area (Å²) in [6, 6.07) is 5.04. The van der Waals surface area contributed by atoms with E-state index in [1.165, 1.54) is 22.2 Å². The molecule has 3 aromatic rings. The summed E-state index contributed by atoms with van der Waals surface area (Å²) in [5, 5.41) is 3.28. The van der Waals surface area contributed by atoms with Crippen LogP contribution in [0.25, 0.3) is 10.2 Å². The van der Waals surface area contributed by atoms with Crippen molar-refractivity contribution in [1.29, 1.82) is 0 Å². The highest BCUT2D eigenvalue weighted by atomic mass is 32.1. The lowest BCUT2D eigenvalue weighted by molar-refractivity contribution is -0.147. The highest BCUT2D eigenvalue weighted by molar-refractivity contribution is 7.20. The number of benzene rings is 1. The molecule has 0 radical (unpaired) electrons. The second-order valence-electron chi connectivity index (χ2n) is 7.14. The molecule has 2 aromatic heterocycles. The maximum absolute atomic E-state index is 13.1. The molecule has 0 aliphatic carbocycles. The Hall–Kier alpha value is -3.00. The van der Waals surface area contributed by atoms with Crippen LogP contribution in [0.15, 0.2) is 29.3 Å². The molecule has 8 heteroatoms. The topological polar surface area (TPSA) is 90.3 Å². The average molecular weight is 428 g/mol. The first-order valence-electron chi connectivity index (χ1n) is 9.83. The zero-order valence-corrected chi connectivity index (χ0v) is 18.6. The predicted octanol–water partition coefficient (Wildman–Crippen LogP) is 4.15. The van der Waals surface area contributed by atoms with Crippen molar-refractivity contribution in [1.82, 2.24) is 9.55 Å². The zero-order valence-electron chi connectivity index (χ0n) is 17.7. The van der Waals surface area contributed by atoms with Gasteiger partial charge < -0.3 is 10.1 Å². The Morgan fingerprint density at radius 2 is 1.97 bits per heavy atom. The molecule has 1 unspecified atom stereocenters. The van der Waals surface area contributed by atoms with Crippen molar-refractivity contribution in [2.45, 2.75) is 47.1 Å². The number of esters is 1. The highest BCUT2D eigenvalue weighted by Crippen LogP contribution is 2.29. The van der Waals surface area contributed by atoms with Crippen LogP contribution in [-0.2, 0) is 9.53 Å². The zero-order chi connectivity index (χ0) is 22.0. The summed E-state index contributed by atoms with van der Waals surface area (Å²) in [7, 11) is 0. The SMILES string of the molecule is CCOC(=O)C(CC)n1cnc2sc(C(=O)Nc3ccc(C)cc3C)c(C)c2c1=O. The van der Waals surface area contributed by atoms with Crippen LogP contribution >= 0.6 is 11.3 Å². The number of fused-ring (bicyclic) bond motifs is 1. The molecular formula is C22H25N3O4S. The number of aromatic nitrogens is 2. The van der Waals surface area contributed by atoms with E-state index in [9.17, 15) is 14.4 Å². The van der Waals surface area contributed by atoms with Crippen molar-refractivity contribution >= 4 is 39.1 Å². The van der Waals surface area contributed by atoms with E-state index in [1.54, 1.807) is 13.8 Å². The van der Waals surface area contributed by atoms with Crippen LogP contribution in [-0.4, -0.2) is 28.0 Å². The molecule has 1 atom stereocenters. The normalized spacial score (nSPS) is 12.0. The minimum Gasteiger partial charge on any atom is -0.464 e. The van der Waals surface area contributed by atoms with Gasteiger partial charge in [-0.25, -0.2) is 9.78 Å². The maximum atomic E-state index is 13.1. The van der Waals surface area contributed by atoms with Gasteiger partial charge in [0.1, 0.15) is 10.9 Å². The molecule has 0 bridgehead atoms. The molecule has 0 fully saturated rings. The number of thiophene rings is 1. The second kappa shape index (κ2) is 8.79. The molecule has 0 aliphatic heterocycles. The molecular weight excluding hydrogens is 402 g/mol. The van der Waals surface area contributed by atoms with Gasteiger partial charge in [0.15, 0.2) is 0 Å². The predicted molar refractivity (Wildman–Crippen MR) is 118 cm³/mol. The lowest BCUT2D eigenvalue weighted by atomic mass is 10.1. The molecule has 0 saturated heterocycles. The first-order valence-corrected chi connectivity index (χ1v) is 10.7. The Bertz CT molecular complexity index is 1180. The minimum absolute atomic E-state index is 0.236. The van der Waals surface area contributed by atoms with Gasteiger partial charge in [-0.3, -0.25) is 14.2 Å². The van der Waals surface area contributed by atoms with Gasteiger partial charge in [-0.15, -0.1) is 11.3 Å². The fourth-order valence-electron chi connectivity index (χ4n) is 3.42. The van der Waals surface area contributed by atoms with E-state index in [-0.39, 0.29) is 18.1 Å². The maximum Gasteiger partial charge on any atom is 0.329 e. The fraction of sp³-hybridized carbons (Fsp3) is 0.364. The number of carbonyl (C=O) groups excluding carboxylic acids is 2. The molecule has 1 N–H and O–H groups in total. The first-order chi connectivity index (χ1) is 14.3. The van der Waals surface area contributed by atoms with Gasteiger partial charge in [-0.1, -0.05) is 24.6 Å². The van der Waals surface area contributed by atoms with Gasteiger partial charge >= 0.3 is 5.97 Å². The fourth-order valence-corrected chi connectivity index (χ4v) is 4.46. The second-order valence-corrected chi connectivity index (χ2v) is 8.14. The number of aryl methyl sites for hydroxylation is 3. The molecule has 30 heavy (non-hydrogen) atoms. The van der Waals surface area contributed by atoms with Crippen LogP contribution in [0, 0.1) is 20.8 Å². The van der Waals surface area contributed by atoms with Crippen LogP contribution in [0.4, 0.5) is 5.69 Å². The van der Waals surface area contributed by atoms with Gasteiger partial charge in [0, 0.05) is 5.69 Å². The average Bonchev–Trinajstić information content (AvgIpc) is 3.04. The summed E-state index contributed by atoms with van der Waals surface area (Å²) >= 11 is 1.17. The number of carbonyl (C=O) groups is 2. The molecule has 7 nitrogen and oxygen atoms in total. The minimum atomic E-state index is -0.749. The number of hydrogen-bond acceptors (Lipinski definition) is 6. The van der Waals surface area contributed by atoms with Crippen molar-refractivity contribution in [2.75, 3.05) is 11.9 Å². The Morgan fingerprint density at radius 1 is 1.23 bits per heavy atom. The van der Waals surface area contributed by atoms with Gasteiger partial charge in [0.25, 0.3) is 11.5 Å². The third kappa shape index (κ3) is 4.00. The van der Waals surface area contributed by atoms with Gasteiger partial charge in [-0.05, 0) is 51.3 Å². The number of nitrogens with zero attached hydrogens (tertiary/aromatic N) is 2. The number of rotatable bonds is 6. The van der Waals surface area contributed by atoms with Gasteiger partial charge in [0.05, 0.1) is 23.2 Å². The monoisotopic (exact) mass is 427 g/mol. The highest BCUT2D eigenvalue weighted by Gasteiger charge is 2.25. The third-order valence-electron chi connectivity index (χ3n) is 4.99. The number of hydrogen-bond donors (Lipinski definition) is 1. The molecule has 0 saturated carbocycles. The van der Waals surface area contributed by atoms with E-state index >= 15 is 0 Å². The Balaban J connectivity index is 2.01. The molecule has 1 aromatic carbocycles. The molecule has 0 aliphatic rings. The smallest absolute Gasteiger partial charge is 0.329 e. The van der Waals surface area contributed by atoms with E-state index in [1.807, 2.05) is 39.0 Å². The van der Waals surface area contributed by atoms with E-state index in [4.69, 9.17) is 4.74 Å². The van der Waals surface area contributed by atoms with Crippen LogP contribution in [0.3, 0.4) is 0 Å². The summed E-state index contributed by atoms with van der Waals surface area (Å²) in [5.74, 6) is -0.755.